The van der Waals surface area contributed by atoms with Crippen LogP contribution in [0.5, 0.6) is 0 Å². The predicted molar refractivity (Wildman–Crippen MR) is 85.0 cm³/mol. The summed E-state index contributed by atoms with van der Waals surface area (Å²) in [5.74, 6) is -1.92. The maximum atomic E-state index is 13.2. The zero-order valence-electron chi connectivity index (χ0n) is 13.5. The Hall–Kier alpha value is -2.97. The Kier molecular flexibility index (Phi) is 4.39. The van der Waals surface area contributed by atoms with E-state index in [0.29, 0.717) is 22.6 Å². The van der Waals surface area contributed by atoms with Crippen molar-refractivity contribution in [1.29, 1.82) is 0 Å². The summed E-state index contributed by atoms with van der Waals surface area (Å²) < 4.78 is 65.6. The molecule has 26 heavy (non-hydrogen) atoms. The van der Waals surface area contributed by atoms with Crippen LogP contribution >= 0.6 is 0 Å². The molecule has 0 saturated carbocycles. The van der Waals surface area contributed by atoms with E-state index in [1.54, 1.807) is 6.92 Å². The second-order valence-corrected chi connectivity index (χ2v) is 5.66. The zero-order chi connectivity index (χ0) is 19.1. The average Bonchev–Trinajstić information content (AvgIpc) is 3.00. The molecule has 9 heteroatoms. The van der Waals surface area contributed by atoms with Gasteiger partial charge >= 0.3 is 6.18 Å². The van der Waals surface area contributed by atoms with Crippen molar-refractivity contribution in [2.75, 3.05) is 0 Å². The fourth-order valence-corrected chi connectivity index (χ4v) is 2.37. The largest absolute Gasteiger partial charge is 0.435 e. The summed E-state index contributed by atoms with van der Waals surface area (Å²) in [5.41, 5.74) is 0.567. The maximum Gasteiger partial charge on any atom is 0.435 e. The number of aromatic nitrogens is 3. The van der Waals surface area contributed by atoms with Crippen LogP contribution in [0.4, 0.5) is 22.0 Å². The second kappa shape index (κ2) is 6.40. The number of nitrogens with one attached hydrogen (secondary N) is 1. The third-order valence-electron chi connectivity index (χ3n) is 3.69. The molecule has 0 radical (unpaired) electrons. The van der Waals surface area contributed by atoms with Gasteiger partial charge in [0.2, 0.25) is 0 Å². The van der Waals surface area contributed by atoms with E-state index in [9.17, 15) is 22.0 Å². The zero-order valence-corrected chi connectivity index (χ0v) is 13.5. The second-order valence-electron chi connectivity index (χ2n) is 5.66. The quantitative estimate of drug-likeness (QED) is 0.705. The van der Waals surface area contributed by atoms with Gasteiger partial charge in [0.1, 0.15) is 0 Å². The Balaban J connectivity index is 1.82. The van der Waals surface area contributed by atoms with Gasteiger partial charge in [0.05, 0.1) is 11.4 Å². The fraction of sp³-hybridized carbons (Fsp3) is 0.176. The minimum absolute atomic E-state index is 0.0306. The van der Waals surface area contributed by atoms with E-state index in [1.807, 2.05) is 0 Å². The van der Waals surface area contributed by atoms with Crippen molar-refractivity contribution in [3.63, 3.8) is 0 Å². The Bertz CT molecular complexity index is 991. The molecule has 3 rings (SSSR count). The van der Waals surface area contributed by atoms with Gasteiger partial charge in [-0.25, -0.2) is 18.3 Å². The van der Waals surface area contributed by atoms with Crippen molar-refractivity contribution in [2.45, 2.75) is 19.6 Å². The highest BCUT2D eigenvalue weighted by molar-refractivity contribution is 5.61. The van der Waals surface area contributed by atoms with Gasteiger partial charge in [-0.15, -0.1) is 0 Å². The monoisotopic (exact) mass is 368 g/mol. The smallest absolute Gasteiger partial charge is 0.380 e. The normalized spacial score (nSPS) is 11.8. The van der Waals surface area contributed by atoms with E-state index in [-0.39, 0.29) is 12.2 Å². The number of hydrogen-bond donors (Lipinski definition) is 1. The van der Waals surface area contributed by atoms with Crippen molar-refractivity contribution in [3.05, 3.63) is 71.2 Å². The van der Waals surface area contributed by atoms with Crippen molar-refractivity contribution in [1.82, 2.24) is 19.9 Å². The van der Waals surface area contributed by atoms with Gasteiger partial charge in [-0.05, 0) is 30.7 Å². The minimum Gasteiger partial charge on any atom is -0.380 e. The molecule has 1 N–H and O–H groups in total. The number of alkyl halides is 3. The van der Waals surface area contributed by atoms with E-state index in [4.69, 9.17) is 0 Å². The van der Waals surface area contributed by atoms with Crippen molar-refractivity contribution in [3.8, 4) is 0 Å². The molecule has 0 unspecified atom stereocenters. The molecule has 0 amide bonds. The van der Waals surface area contributed by atoms with E-state index < -0.39 is 23.5 Å². The lowest BCUT2D eigenvalue weighted by atomic mass is 10.2. The summed E-state index contributed by atoms with van der Waals surface area (Å²) in [5, 5.41) is 6.39. The van der Waals surface area contributed by atoms with Gasteiger partial charge in [-0.1, -0.05) is 12.6 Å². The van der Waals surface area contributed by atoms with Crippen LogP contribution in [0.15, 0.2) is 36.9 Å². The minimum atomic E-state index is -4.57. The van der Waals surface area contributed by atoms with Crippen molar-refractivity contribution < 1.29 is 22.0 Å². The average molecular weight is 368 g/mol. The molecule has 4 nitrogen and oxygen atoms in total. The number of halogens is 5. The van der Waals surface area contributed by atoms with Crippen molar-refractivity contribution in [2.24, 2.45) is 0 Å². The maximum absolute atomic E-state index is 13.2. The highest BCUT2D eigenvalue weighted by Crippen LogP contribution is 2.29. The molecule has 1 aromatic carbocycles. The summed E-state index contributed by atoms with van der Waals surface area (Å²) in [6, 6.07) is 5.84. The molecule has 0 saturated heterocycles. The first-order chi connectivity index (χ1) is 12.1. The number of fused-ring (bicyclic) bond motifs is 1. The lowest BCUT2D eigenvalue weighted by Crippen LogP contribution is -2.13. The van der Waals surface area contributed by atoms with Crippen molar-refractivity contribution >= 4 is 11.3 Å². The van der Waals surface area contributed by atoms with Gasteiger partial charge in [-0.3, -0.25) is 0 Å². The van der Waals surface area contributed by atoms with Crippen LogP contribution in [0, 0.1) is 18.6 Å². The van der Waals surface area contributed by atoms with Crippen LogP contribution < -0.4 is 5.32 Å². The molecule has 0 bridgehead atoms. The first kappa shape index (κ1) is 17.8. The number of nitrogens with zero attached hydrogens (tertiary/aromatic N) is 3. The molecule has 2 aromatic heterocycles. The highest BCUT2D eigenvalue weighted by Gasteiger charge is 2.34. The Morgan fingerprint density at radius 2 is 1.88 bits per heavy atom. The van der Waals surface area contributed by atoms with Gasteiger partial charge in [0.15, 0.2) is 23.0 Å². The summed E-state index contributed by atoms with van der Waals surface area (Å²) in [7, 11) is 0. The molecule has 136 valence electrons. The Morgan fingerprint density at radius 1 is 1.15 bits per heavy atom. The molecule has 3 aromatic rings. The molecule has 0 aliphatic heterocycles. The topological polar surface area (TPSA) is 42.2 Å². The number of benzene rings is 1. The summed E-state index contributed by atoms with van der Waals surface area (Å²) in [4.78, 5) is 4.12. The lowest BCUT2D eigenvalue weighted by molar-refractivity contribution is -0.141. The Morgan fingerprint density at radius 3 is 2.54 bits per heavy atom. The SMILES string of the molecule is C=C(NCc1ccc(F)c(F)c1)c1cc(C)n2nc(C(F)(F)F)cc2n1. The predicted octanol–water partition coefficient (Wildman–Crippen LogP) is 4.10. The Labute approximate surface area is 145 Å². The first-order valence-electron chi connectivity index (χ1n) is 7.47. The van der Waals surface area contributed by atoms with E-state index >= 15 is 0 Å². The van der Waals surface area contributed by atoms with Gasteiger partial charge < -0.3 is 5.32 Å². The molecule has 0 atom stereocenters. The fourth-order valence-electron chi connectivity index (χ4n) is 2.37. The molecule has 0 aliphatic carbocycles. The molecule has 0 aliphatic rings. The van der Waals surface area contributed by atoms with Crippen LogP contribution in [-0.4, -0.2) is 14.6 Å². The number of rotatable bonds is 4. The van der Waals surface area contributed by atoms with E-state index in [0.717, 1.165) is 22.7 Å². The summed E-state index contributed by atoms with van der Waals surface area (Å²) >= 11 is 0. The van der Waals surface area contributed by atoms with E-state index in [1.165, 1.54) is 12.1 Å². The third kappa shape index (κ3) is 3.51. The third-order valence-corrected chi connectivity index (χ3v) is 3.69. The molecular formula is C17H13F5N4. The lowest BCUT2D eigenvalue weighted by Gasteiger charge is -2.11. The number of hydrogen-bond acceptors (Lipinski definition) is 3. The summed E-state index contributed by atoms with van der Waals surface area (Å²) in [6.07, 6.45) is -4.57. The van der Waals surface area contributed by atoms with Crippen LogP contribution in [0.3, 0.4) is 0 Å². The van der Waals surface area contributed by atoms with Gasteiger partial charge in [0.25, 0.3) is 0 Å². The van der Waals surface area contributed by atoms with Crippen LogP contribution in [0.25, 0.3) is 11.3 Å². The first-order valence-corrected chi connectivity index (χ1v) is 7.47. The summed E-state index contributed by atoms with van der Waals surface area (Å²) in [6.45, 7) is 5.53. The van der Waals surface area contributed by atoms with Crippen LogP contribution in [-0.2, 0) is 12.7 Å². The molecule has 0 fully saturated rings. The van der Waals surface area contributed by atoms with Gasteiger partial charge in [-0.2, -0.15) is 18.3 Å². The number of aryl methyl sites for hydroxylation is 1. The standard InChI is InChI=1S/C17H13F5N4/c1-9-5-14(24-16-7-15(17(20,21)22)25-26(9)16)10(2)23-8-11-3-4-12(18)13(19)6-11/h3-7,23H,2,8H2,1H3. The highest BCUT2D eigenvalue weighted by atomic mass is 19.4. The van der Waals surface area contributed by atoms with E-state index in [2.05, 4.69) is 22.0 Å². The molecule has 2 heterocycles. The van der Waals surface area contributed by atoms with Gasteiger partial charge in [0, 0.05) is 18.3 Å². The van der Waals surface area contributed by atoms with Crippen LogP contribution in [0.2, 0.25) is 0 Å². The molecular weight excluding hydrogens is 355 g/mol. The molecule has 0 spiro atoms. The van der Waals surface area contributed by atoms with Crippen LogP contribution in [0.1, 0.15) is 22.6 Å².